The van der Waals surface area contributed by atoms with E-state index in [2.05, 4.69) is 15.9 Å². The van der Waals surface area contributed by atoms with Gasteiger partial charge in [-0.15, -0.1) is 0 Å². The minimum Gasteiger partial charge on any atom is -0.370 e. The maximum absolute atomic E-state index is 11.1. The fraction of sp³-hybridized carbons (Fsp3) is 0.421. The molecule has 2 atom stereocenters. The second-order valence-electron chi connectivity index (χ2n) is 6.09. The molecule has 2 bridgehead atoms. The van der Waals surface area contributed by atoms with E-state index in [9.17, 15) is 4.79 Å². The van der Waals surface area contributed by atoms with Crippen LogP contribution in [0, 0.1) is 5.92 Å². The molecule has 1 heterocycles. The van der Waals surface area contributed by atoms with E-state index in [0.29, 0.717) is 13.2 Å². The van der Waals surface area contributed by atoms with Crippen molar-refractivity contribution in [2.45, 2.75) is 31.8 Å². The lowest BCUT2D eigenvalue weighted by Crippen LogP contribution is -2.06. The smallest absolute Gasteiger partial charge is 0.365 e. The Labute approximate surface area is 136 Å². The van der Waals surface area contributed by atoms with E-state index in [1.165, 1.54) is 31.8 Å². The molecule has 4 heteroatoms. The van der Waals surface area contributed by atoms with Crippen LogP contribution < -0.4 is 0 Å². The van der Waals surface area contributed by atoms with Crippen LogP contribution in [0.25, 0.3) is 6.08 Å². The largest absolute Gasteiger partial charge is 0.370 e. The molecule has 4 nitrogen and oxygen atoms in total. The summed E-state index contributed by atoms with van der Waals surface area (Å²) in [5.74, 6) is 0.555. The first kappa shape index (κ1) is 16.0. The molecule has 4 rings (SSSR count). The van der Waals surface area contributed by atoms with Gasteiger partial charge in [0.25, 0.3) is 0 Å². The molecule has 2 unspecified atom stereocenters. The number of hydrogen-bond acceptors (Lipinski definition) is 4. The molecule has 23 heavy (non-hydrogen) atoms. The number of ether oxygens (including phenoxy) is 1. The van der Waals surface area contributed by atoms with Crippen molar-refractivity contribution in [1.82, 2.24) is 0 Å². The molecule has 2 fully saturated rings. The molecule has 0 N–H and O–H groups in total. The Morgan fingerprint density at radius 2 is 2.13 bits per heavy atom. The Morgan fingerprint density at radius 3 is 2.65 bits per heavy atom. The molecule has 122 valence electrons. The molecule has 1 saturated heterocycles. The van der Waals surface area contributed by atoms with Gasteiger partial charge in [0.1, 0.15) is 12.7 Å². The molecule has 1 aromatic rings. The zero-order valence-electron chi connectivity index (χ0n) is 13.1. The summed E-state index contributed by atoms with van der Waals surface area (Å²) in [4.78, 5) is 20.3. The SMILES string of the molecule is C1=C2CCC(C1)C2.O=C(/C=C/c1ccccc1)OOCC1CO1. The number of benzene rings is 1. The number of carbonyl (C=O) groups is 1. The van der Waals surface area contributed by atoms with E-state index >= 15 is 0 Å². The van der Waals surface area contributed by atoms with Gasteiger partial charge in [0.15, 0.2) is 0 Å². The predicted molar refractivity (Wildman–Crippen MR) is 87.3 cm³/mol. The topological polar surface area (TPSA) is 48.1 Å². The number of fused-ring (bicyclic) bond motifs is 2. The Bertz CT molecular complexity index is 572. The normalized spacial score (nSPS) is 24.1. The Hall–Kier alpha value is -1.91. The van der Waals surface area contributed by atoms with Gasteiger partial charge < -0.3 is 4.74 Å². The predicted octanol–water partition coefficient (Wildman–Crippen LogP) is 3.69. The molecular formula is C19H22O4. The van der Waals surface area contributed by atoms with Gasteiger partial charge in [0.05, 0.1) is 6.61 Å². The Balaban J connectivity index is 0.000000183. The van der Waals surface area contributed by atoms with Crippen LogP contribution in [0.1, 0.15) is 31.2 Å². The first-order valence-corrected chi connectivity index (χ1v) is 8.15. The van der Waals surface area contributed by atoms with Gasteiger partial charge in [-0.3, -0.25) is 4.89 Å². The van der Waals surface area contributed by atoms with Crippen molar-refractivity contribution in [2.75, 3.05) is 13.2 Å². The minimum absolute atomic E-state index is 0.0888. The van der Waals surface area contributed by atoms with Gasteiger partial charge in [0.2, 0.25) is 0 Å². The molecular weight excluding hydrogens is 292 g/mol. The monoisotopic (exact) mass is 314 g/mol. The zero-order chi connectivity index (χ0) is 15.9. The lowest BCUT2D eigenvalue weighted by atomic mass is 10.1. The van der Waals surface area contributed by atoms with Crippen LogP contribution in [0.2, 0.25) is 0 Å². The molecule has 1 aliphatic heterocycles. The molecule has 0 amide bonds. The van der Waals surface area contributed by atoms with Crippen LogP contribution in [-0.2, 0) is 19.3 Å². The highest BCUT2D eigenvalue weighted by atomic mass is 17.2. The molecule has 1 aromatic carbocycles. The lowest BCUT2D eigenvalue weighted by molar-refractivity contribution is -0.268. The van der Waals surface area contributed by atoms with E-state index in [0.717, 1.165) is 11.5 Å². The van der Waals surface area contributed by atoms with E-state index in [1.54, 1.807) is 11.6 Å². The van der Waals surface area contributed by atoms with Gasteiger partial charge in [-0.25, -0.2) is 4.79 Å². The number of rotatable bonds is 5. The van der Waals surface area contributed by atoms with Gasteiger partial charge >= 0.3 is 5.97 Å². The van der Waals surface area contributed by atoms with Crippen molar-refractivity contribution in [1.29, 1.82) is 0 Å². The van der Waals surface area contributed by atoms with Crippen molar-refractivity contribution in [3.63, 3.8) is 0 Å². The van der Waals surface area contributed by atoms with E-state index < -0.39 is 5.97 Å². The van der Waals surface area contributed by atoms with Crippen LogP contribution in [0.3, 0.4) is 0 Å². The third-order valence-corrected chi connectivity index (χ3v) is 4.17. The summed E-state index contributed by atoms with van der Waals surface area (Å²) in [7, 11) is 0. The molecule has 2 aliphatic carbocycles. The highest BCUT2D eigenvalue weighted by molar-refractivity contribution is 5.86. The van der Waals surface area contributed by atoms with E-state index in [-0.39, 0.29) is 6.10 Å². The molecule has 1 saturated carbocycles. The van der Waals surface area contributed by atoms with Crippen LogP contribution >= 0.6 is 0 Å². The van der Waals surface area contributed by atoms with Crippen LogP contribution in [-0.4, -0.2) is 25.3 Å². The second-order valence-corrected chi connectivity index (χ2v) is 6.09. The average Bonchev–Trinajstić information content (AvgIpc) is 3.14. The maximum Gasteiger partial charge on any atom is 0.365 e. The third-order valence-electron chi connectivity index (χ3n) is 4.17. The summed E-state index contributed by atoms with van der Waals surface area (Å²) in [5.41, 5.74) is 2.68. The number of hydrogen-bond donors (Lipinski definition) is 0. The molecule has 0 spiro atoms. The number of allylic oxidation sites excluding steroid dienone is 2. The fourth-order valence-corrected chi connectivity index (χ4v) is 2.77. The fourth-order valence-electron chi connectivity index (χ4n) is 2.77. The molecule has 0 radical (unpaired) electrons. The number of epoxide rings is 1. The Morgan fingerprint density at radius 1 is 1.30 bits per heavy atom. The van der Waals surface area contributed by atoms with Gasteiger partial charge in [-0.2, -0.15) is 4.89 Å². The summed E-state index contributed by atoms with van der Waals surface area (Å²) < 4.78 is 4.89. The van der Waals surface area contributed by atoms with Crippen molar-refractivity contribution < 1.29 is 19.3 Å². The quantitative estimate of drug-likeness (QED) is 0.273. The molecule has 3 aliphatic rings. The summed E-state index contributed by atoms with van der Waals surface area (Å²) in [6.07, 6.45) is 11.3. The summed E-state index contributed by atoms with van der Waals surface area (Å²) in [6, 6.07) is 9.48. The first-order chi connectivity index (χ1) is 11.3. The van der Waals surface area contributed by atoms with Crippen LogP contribution in [0.15, 0.2) is 48.1 Å². The van der Waals surface area contributed by atoms with Crippen LogP contribution in [0.5, 0.6) is 0 Å². The van der Waals surface area contributed by atoms with Crippen molar-refractivity contribution in [3.05, 3.63) is 53.6 Å². The molecule has 0 aromatic heterocycles. The van der Waals surface area contributed by atoms with Gasteiger partial charge in [0, 0.05) is 6.08 Å². The Kier molecular flexibility index (Phi) is 5.61. The summed E-state index contributed by atoms with van der Waals surface area (Å²) in [5, 5.41) is 0. The second kappa shape index (κ2) is 8.09. The van der Waals surface area contributed by atoms with E-state index in [1.807, 2.05) is 30.3 Å². The highest BCUT2D eigenvalue weighted by Crippen LogP contribution is 2.38. The standard InChI is InChI=1S/C12H12O4.C7H10/c13-12(16-15-9-11-8-14-11)7-6-10-4-2-1-3-5-10;1-2-7-4-3-6(1)5-7/h1-7,11H,8-9H2;1,7H,2-5H2/b7-6+;. The first-order valence-electron chi connectivity index (χ1n) is 8.15. The van der Waals surface area contributed by atoms with Crippen molar-refractivity contribution in [2.24, 2.45) is 5.92 Å². The third kappa shape index (κ3) is 5.66. The van der Waals surface area contributed by atoms with Crippen LogP contribution in [0.4, 0.5) is 0 Å². The van der Waals surface area contributed by atoms with Crippen molar-refractivity contribution in [3.8, 4) is 0 Å². The van der Waals surface area contributed by atoms with Crippen molar-refractivity contribution >= 4 is 12.0 Å². The lowest BCUT2D eigenvalue weighted by Gasteiger charge is -1.98. The maximum atomic E-state index is 11.1. The van der Waals surface area contributed by atoms with E-state index in [4.69, 9.17) is 4.74 Å². The minimum atomic E-state index is -0.524. The summed E-state index contributed by atoms with van der Waals surface area (Å²) in [6.45, 7) is 0.975. The zero-order valence-corrected chi connectivity index (χ0v) is 13.1. The van der Waals surface area contributed by atoms with Gasteiger partial charge in [-0.1, -0.05) is 42.0 Å². The highest BCUT2D eigenvalue weighted by Gasteiger charge is 2.23. The van der Waals surface area contributed by atoms with Gasteiger partial charge in [-0.05, 0) is 43.2 Å². The average molecular weight is 314 g/mol. The summed E-state index contributed by atoms with van der Waals surface area (Å²) >= 11 is 0. The number of carbonyl (C=O) groups excluding carboxylic acids is 1.